The molecule has 0 unspecified atom stereocenters. The lowest BCUT2D eigenvalue weighted by atomic mass is 10.1. The molecule has 0 aliphatic rings. The summed E-state index contributed by atoms with van der Waals surface area (Å²) in [6.07, 6.45) is -1.26. The second-order valence-electron chi connectivity index (χ2n) is 5.10. The molecule has 0 spiro atoms. The van der Waals surface area contributed by atoms with Gasteiger partial charge in [0, 0.05) is 16.1 Å². The summed E-state index contributed by atoms with van der Waals surface area (Å²) in [7, 11) is 0. The van der Waals surface area contributed by atoms with Crippen LogP contribution in [-0.4, -0.2) is 21.7 Å². The number of amides is 1. The van der Waals surface area contributed by atoms with Crippen LogP contribution in [0.15, 0.2) is 48.5 Å². The molecule has 0 saturated heterocycles. The molecule has 1 amide bonds. The summed E-state index contributed by atoms with van der Waals surface area (Å²) in [5.41, 5.74) is 0.808. The van der Waals surface area contributed by atoms with E-state index in [1.54, 1.807) is 42.5 Å². The lowest BCUT2D eigenvalue weighted by Gasteiger charge is -2.26. The van der Waals surface area contributed by atoms with Gasteiger partial charge in [-0.1, -0.05) is 52.5 Å². The van der Waals surface area contributed by atoms with E-state index in [0.29, 0.717) is 21.9 Å². The Morgan fingerprint density at radius 3 is 2.20 bits per heavy atom. The van der Waals surface area contributed by atoms with E-state index in [1.807, 2.05) is 0 Å². The lowest BCUT2D eigenvalue weighted by molar-refractivity contribution is 0.0833. The van der Waals surface area contributed by atoms with Crippen molar-refractivity contribution in [2.45, 2.75) is 16.9 Å². The highest BCUT2D eigenvalue weighted by molar-refractivity contribution is 6.68. The van der Waals surface area contributed by atoms with Crippen LogP contribution in [0.3, 0.4) is 0 Å². The highest BCUT2D eigenvalue weighted by atomic mass is 35.6. The minimum atomic E-state index is -1.92. The van der Waals surface area contributed by atoms with Crippen molar-refractivity contribution in [3.05, 3.63) is 64.7 Å². The zero-order valence-corrected chi connectivity index (χ0v) is 16.0. The second-order valence-corrected chi connectivity index (χ2v) is 7.91. The highest BCUT2D eigenvalue weighted by Crippen LogP contribution is 2.32. The first-order valence-corrected chi connectivity index (χ1v) is 8.59. The van der Waals surface area contributed by atoms with E-state index >= 15 is 0 Å². The van der Waals surface area contributed by atoms with Gasteiger partial charge in [0.15, 0.2) is 5.78 Å². The Balaban J connectivity index is 2.16. The number of Topliss-reactive ketones (excluding diaryl/α,β-unsaturated/α-hetero) is 1. The van der Waals surface area contributed by atoms with Crippen molar-refractivity contribution in [2.75, 3.05) is 0 Å². The molecular formula is C17H13Cl4NO3. The molecule has 0 bridgehead atoms. The van der Waals surface area contributed by atoms with Crippen LogP contribution < -0.4 is 10.1 Å². The van der Waals surface area contributed by atoms with Crippen molar-refractivity contribution < 1.29 is 14.3 Å². The Morgan fingerprint density at radius 2 is 1.68 bits per heavy atom. The number of carbonyl (C=O) groups excluding carboxylic acids is 2. The molecule has 1 N–H and O–H groups in total. The van der Waals surface area contributed by atoms with Crippen molar-refractivity contribution in [1.29, 1.82) is 0 Å². The van der Waals surface area contributed by atoms with E-state index < -0.39 is 15.9 Å². The standard InChI is InChI=1S/C17H13Cl4NO3/c1-10(23)11-5-7-14(8-6-11)25-16(17(19,20)21)22-15(24)12-3-2-4-13(18)9-12/h2-9,16H,1H3,(H,22,24)/t16-/m1/s1. The van der Waals surface area contributed by atoms with Crippen molar-refractivity contribution in [3.63, 3.8) is 0 Å². The Morgan fingerprint density at radius 1 is 1.04 bits per heavy atom. The number of hydrogen-bond donors (Lipinski definition) is 1. The summed E-state index contributed by atoms with van der Waals surface area (Å²) in [6.45, 7) is 1.45. The van der Waals surface area contributed by atoms with E-state index in [1.165, 1.54) is 13.0 Å². The molecule has 0 radical (unpaired) electrons. The third-order valence-corrected chi connectivity index (χ3v) is 3.99. The number of hydrogen-bond acceptors (Lipinski definition) is 3. The zero-order chi connectivity index (χ0) is 18.6. The third kappa shape index (κ3) is 5.79. The van der Waals surface area contributed by atoms with Gasteiger partial charge in [0.2, 0.25) is 10.0 Å². The Labute approximate surface area is 165 Å². The fraction of sp³-hybridized carbons (Fsp3) is 0.176. The normalized spacial score (nSPS) is 12.4. The van der Waals surface area contributed by atoms with Crippen LogP contribution in [0.4, 0.5) is 0 Å². The zero-order valence-electron chi connectivity index (χ0n) is 12.9. The van der Waals surface area contributed by atoms with Gasteiger partial charge in [-0.2, -0.15) is 0 Å². The highest BCUT2D eigenvalue weighted by Gasteiger charge is 2.36. The van der Waals surface area contributed by atoms with E-state index in [-0.39, 0.29) is 5.78 Å². The summed E-state index contributed by atoms with van der Waals surface area (Å²) in [5, 5.41) is 2.91. The van der Waals surface area contributed by atoms with Gasteiger partial charge in [0.25, 0.3) is 5.91 Å². The van der Waals surface area contributed by atoms with Crippen molar-refractivity contribution in [3.8, 4) is 5.75 Å². The maximum Gasteiger partial charge on any atom is 0.254 e. The van der Waals surface area contributed by atoms with Gasteiger partial charge in [-0.3, -0.25) is 9.59 Å². The molecule has 0 saturated carbocycles. The number of halogens is 4. The number of benzene rings is 2. The molecule has 8 heteroatoms. The van der Waals surface area contributed by atoms with E-state index in [0.717, 1.165) is 0 Å². The smallest absolute Gasteiger partial charge is 0.254 e. The summed E-state index contributed by atoms with van der Waals surface area (Å²) < 4.78 is 3.64. The second kappa shape index (κ2) is 8.28. The average Bonchev–Trinajstić information content (AvgIpc) is 2.53. The monoisotopic (exact) mass is 419 g/mol. The van der Waals surface area contributed by atoms with Crippen molar-refractivity contribution in [1.82, 2.24) is 5.32 Å². The number of nitrogens with one attached hydrogen (secondary N) is 1. The lowest BCUT2D eigenvalue weighted by Crippen LogP contribution is -2.47. The minimum Gasteiger partial charge on any atom is -0.466 e. The third-order valence-electron chi connectivity index (χ3n) is 3.16. The van der Waals surface area contributed by atoms with Crippen LogP contribution in [0.1, 0.15) is 27.6 Å². The van der Waals surface area contributed by atoms with E-state index in [2.05, 4.69) is 5.32 Å². The van der Waals surface area contributed by atoms with E-state index in [9.17, 15) is 9.59 Å². The fourth-order valence-electron chi connectivity index (χ4n) is 1.91. The van der Waals surface area contributed by atoms with Gasteiger partial charge in [-0.05, 0) is 49.4 Å². The first-order valence-electron chi connectivity index (χ1n) is 7.07. The van der Waals surface area contributed by atoms with Gasteiger partial charge in [0.05, 0.1) is 0 Å². The maximum absolute atomic E-state index is 12.3. The predicted octanol–water partition coefficient (Wildman–Crippen LogP) is 5.05. The summed E-state index contributed by atoms with van der Waals surface area (Å²) in [6, 6.07) is 12.6. The van der Waals surface area contributed by atoms with Crippen LogP contribution in [-0.2, 0) is 0 Å². The van der Waals surface area contributed by atoms with Crippen LogP contribution in [0.25, 0.3) is 0 Å². The molecule has 132 valence electrons. The molecule has 2 rings (SSSR count). The van der Waals surface area contributed by atoms with Crippen molar-refractivity contribution >= 4 is 58.1 Å². The first kappa shape index (κ1) is 19.9. The SMILES string of the molecule is CC(=O)c1ccc(O[C@@H](NC(=O)c2cccc(Cl)c2)C(Cl)(Cl)Cl)cc1. The van der Waals surface area contributed by atoms with Gasteiger partial charge >= 0.3 is 0 Å². The molecule has 4 nitrogen and oxygen atoms in total. The molecule has 0 fully saturated rings. The molecule has 2 aromatic carbocycles. The van der Waals surface area contributed by atoms with Gasteiger partial charge in [-0.15, -0.1) is 0 Å². The average molecular weight is 421 g/mol. The minimum absolute atomic E-state index is 0.0845. The summed E-state index contributed by atoms with van der Waals surface area (Å²) in [4.78, 5) is 23.6. The van der Waals surface area contributed by atoms with Gasteiger partial charge in [-0.25, -0.2) is 0 Å². The largest absolute Gasteiger partial charge is 0.466 e. The predicted molar refractivity (Wildman–Crippen MR) is 100 cm³/mol. The Hall–Kier alpha value is -1.46. The van der Waals surface area contributed by atoms with Crippen LogP contribution in [0, 0.1) is 0 Å². The number of alkyl halides is 3. The summed E-state index contributed by atoms with van der Waals surface area (Å²) >= 11 is 23.6. The van der Waals surface area contributed by atoms with Gasteiger partial charge in [0.1, 0.15) is 5.75 Å². The van der Waals surface area contributed by atoms with E-state index in [4.69, 9.17) is 51.1 Å². The topological polar surface area (TPSA) is 55.4 Å². The van der Waals surface area contributed by atoms with Crippen LogP contribution >= 0.6 is 46.4 Å². The number of carbonyl (C=O) groups is 2. The van der Waals surface area contributed by atoms with Crippen molar-refractivity contribution in [2.24, 2.45) is 0 Å². The van der Waals surface area contributed by atoms with Gasteiger partial charge < -0.3 is 10.1 Å². The number of rotatable bonds is 5. The molecule has 1 atom stereocenters. The molecule has 0 heterocycles. The molecule has 0 aliphatic carbocycles. The molecule has 0 aliphatic heterocycles. The Kier molecular flexibility index (Phi) is 6.58. The first-order chi connectivity index (χ1) is 11.7. The fourth-order valence-corrected chi connectivity index (χ4v) is 2.40. The number of ketones is 1. The molecular weight excluding hydrogens is 408 g/mol. The maximum atomic E-state index is 12.3. The number of ether oxygens (including phenoxy) is 1. The van der Waals surface area contributed by atoms with Crippen LogP contribution in [0.2, 0.25) is 5.02 Å². The quantitative estimate of drug-likeness (QED) is 0.418. The molecule has 2 aromatic rings. The Bertz CT molecular complexity index is 772. The van der Waals surface area contributed by atoms with Crippen LogP contribution in [0.5, 0.6) is 5.75 Å². The summed E-state index contributed by atoms with van der Waals surface area (Å²) in [5.74, 6) is -0.273. The molecule has 0 aromatic heterocycles. The molecule has 25 heavy (non-hydrogen) atoms.